The van der Waals surface area contributed by atoms with Gasteiger partial charge in [0, 0.05) is 25.3 Å². The van der Waals surface area contributed by atoms with Gasteiger partial charge in [-0.25, -0.2) is 0 Å². The Morgan fingerprint density at radius 2 is 2.38 bits per heavy atom. The third kappa shape index (κ3) is 3.25. The van der Waals surface area contributed by atoms with E-state index in [-0.39, 0.29) is 11.9 Å². The van der Waals surface area contributed by atoms with Gasteiger partial charge in [-0.15, -0.1) is 0 Å². The molecule has 4 nitrogen and oxygen atoms in total. The topological polar surface area (TPSA) is 60.0 Å². The van der Waals surface area contributed by atoms with Crippen LogP contribution in [0.2, 0.25) is 5.02 Å². The van der Waals surface area contributed by atoms with E-state index in [1.807, 2.05) is 11.5 Å². The number of aromatic nitrogens is 1. The number of carbonyl (C=O) groups excluding carboxylic acids is 1. The van der Waals surface area contributed by atoms with Gasteiger partial charge in [-0.2, -0.15) is 0 Å². The first-order valence-electron chi connectivity index (χ1n) is 5.45. The summed E-state index contributed by atoms with van der Waals surface area (Å²) in [5.41, 5.74) is 6.04. The maximum atomic E-state index is 11.9. The molecule has 0 saturated heterocycles. The van der Waals surface area contributed by atoms with Crippen molar-refractivity contribution in [2.75, 3.05) is 6.54 Å². The second kappa shape index (κ2) is 5.92. The summed E-state index contributed by atoms with van der Waals surface area (Å²) in [6.45, 7) is 5.13. The van der Waals surface area contributed by atoms with Crippen LogP contribution in [0.5, 0.6) is 0 Å². The highest BCUT2D eigenvalue weighted by atomic mass is 35.5. The minimum atomic E-state index is -0.127. The van der Waals surface area contributed by atoms with E-state index < -0.39 is 0 Å². The highest BCUT2D eigenvalue weighted by Crippen LogP contribution is 2.14. The molecule has 90 valence electrons. The highest BCUT2D eigenvalue weighted by Gasteiger charge is 2.14. The van der Waals surface area contributed by atoms with Crippen molar-refractivity contribution < 1.29 is 4.79 Å². The molecule has 0 aromatic carbocycles. The van der Waals surface area contributed by atoms with Gasteiger partial charge in [-0.1, -0.05) is 18.5 Å². The summed E-state index contributed by atoms with van der Waals surface area (Å²) in [5.74, 6) is -0.127. The monoisotopic (exact) mass is 243 g/mol. The molecular weight excluding hydrogens is 226 g/mol. The molecule has 0 aliphatic rings. The Kier molecular flexibility index (Phi) is 4.83. The van der Waals surface area contributed by atoms with Crippen LogP contribution in [0, 0.1) is 0 Å². The second-order valence-corrected chi connectivity index (χ2v) is 4.28. The van der Waals surface area contributed by atoms with Crippen molar-refractivity contribution in [3.63, 3.8) is 0 Å². The molecule has 1 atom stereocenters. The molecule has 3 N–H and O–H groups in total. The van der Waals surface area contributed by atoms with Crippen LogP contribution in [-0.2, 0) is 6.54 Å². The fourth-order valence-electron chi connectivity index (χ4n) is 1.45. The lowest BCUT2D eigenvalue weighted by atomic mass is 10.3. The van der Waals surface area contributed by atoms with Gasteiger partial charge in [0.15, 0.2) is 0 Å². The van der Waals surface area contributed by atoms with Crippen LogP contribution in [0.3, 0.4) is 0 Å². The summed E-state index contributed by atoms with van der Waals surface area (Å²) in [6.07, 6.45) is 2.73. The number of rotatable bonds is 5. The lowest BCUT2D eigenvalue weighted by Gasteiger charge is -2.12. The normalized spacial score (nSPS) is 12.5. The molecule has 0 saturated carbocycles. The number of nitrogens with two attached hydrogens (primary N) is 1. The Bertz CT molecular complexity index is 362. The van der Waals surface area contributed by atoms with E-state index in [1.165, 1.54) is 0 Å². The molecule has 5 heteroatoms. The Morgan fingerprint density at radius 3 is 2.94 bits per heavy atom. The van der Waals surface area contributed by atoms with E-state index >= 15 is 0 Å². The Labute approximate surface area is 101 Å². The van der Waals surface area contributed by atoms with Crippen molar-refractivity contribution in [1.82, 2.24) is 9.88 Å². The average molecular weight is 244 g/mol. The van der Waals surface area contributed by atoms with Crippen LogP contribution in [0.25, 0.3) is 0 Å². The summed E-state index contributed by atoms with van der Waals surface area (Å²) in [6, 6.07) is 1.65. The maximum Gasteiger partial charge on any atom is 0.268 e. The molecule has 0 spiro atoms. The molecular formula is C11H18ClN3O. The number of nitrogens with one attached hydrogen (secondary N) is 1. The second-order valence-electron chi connectivity index (χ2n) is 3.85. The van der Waals surface area contributed by atoms with Gasteiger partial charge in [-0.3, -0.25) is 4.79 Å². The molecule has 0 bridgehead atoms. The predicted octanol–water partition coefficient (Wildman–Crippen LogP) is 1.63. The standard InChI is InChI=1S/C11H18ClN3O/c1-3-4-15-7-9(12)5-10(15)11(16)14-8(2)6-13/h5,7-8H,3-4,6,13H2,1-2H3,(H,14,16)/t8-/m1/s1. The molecule has 1 rings (SSSR count). The first kappa shape index (κ1) is 13.1. The first-order chi connectivity index (χ1) is 7.58. The summed E-state index contributed by atoms with van der Waals surface area (Å²) in [4.78, 5) is 11.9. The van der Waals surface area contributed by atoms with Gasteiger partial charge in [0.1, 0.15) is 5.69 Å². The molecule has 0 unspecified atom stereocenters. The SMILES string of the molecule is CCCn1cc(Cl)cc1C(=O)N[C@H](C)CN. The van der Waals surface area contributed by atoms with Crippen LogP contribution in [0.1, 0.15) is 30.8 Å². The van der Waals surface area contributed by atoms with Crippen molar-refractivity contribution in [2.45, 2.75) is 32.9 Å². The van der Waals surface area contributed by atoms with Crippen LogP contribution in [0.15, 0.2) is 12.3 Å². The van der Waals surface area contributed by atoms with Gasteiger partial charge < -0.3 is 15.6 Å². The molecule has 1 aromatic rings. The van der Waals surface area contributed by atoms with Crippen molar-refractivity contribution in [2.24, 2.45) is 5.73 Å². The number of hydrogen-bond donors (Lipinski definition) is 2. The lowest BCUT2D eigenvalue weighted by molar-refractivity contribution is 0.0932. The van der Waals surface area contributed by atoms with Gasteiger partial charge in [0.2, 0.25) is 0 Å². The number of halogens is 1. The minimum Gasteiger partial charge on any atom is -0.347 e. The maximum absolute atomic E-state index is 11.9. The van der Waals surface area contributed by atoms with Crippen molar-refractivity contribution in [3.8, 4) is 0 Å². The number of carbonyl (C=O) groups is 1. The van der Waals surface area contributed by atoms with Crippen molar-refractivity contribution in [3.05, 3.63) is 23.0 Å². The zero-order chi connectivity index (χ0) is 12.1. The number of nitrogens with zero attached hydrogens (tertiary/aromatic N) is 1. The number of hydrogen-bond acceptors (Lipinski definition) is 2. The van der Waals surface area contributed by atoms with E-state index in [2.05, 4.69) is 12.2 Å². The quantitative estimate of drug-likeness (QED) is 0.826. The molecule has 0 radical (unpaired) electrons. The molecule has 0 fully saturated rings. The number of aryl methyl sites for hydroxylation is 1. The fraction of sp³-hybridized carbons (Fsp3) is 0.545. The number of amides is 1. The largest absolute Gasteiger partial charge is 0.347 e. The van der Waals surface area contributed by atoms with Crippen LogP contribution in [-0.4, -0.2) is 23.1 Å². The van der Waals surface area contributed by atoms with Gasteiger partial charge in [0.25, 0.3) is 5.91 Å². The highest BCUT2D eigenvalue weighted by molar-refractivity contribution is 6.31. The summed E-state index contributed by atoms with van der Waals surface area (Å²) in [7, 11) is 0. The summed E-state index contributed by atoms with van der Waals surface area (Å²) in [5, 5.41) is 3.40. The Balaban J connectivity index is 2.81. The van der Waals surface area contributed by atoms with Gasteiger partial charge >= 0.3 is 0 Å². The van der Waals surface area contributed by atoms with Crippen LogP contribution < -0.4 is 11.1 Å². The summed E-state index contributed by atoms with van der Waals surface area (Å²) < 4.78 is 1.86. The molecule has 0 aliphatic heterocycles. The van der Waals surface area contributed by atoms with Gasteiger partial charge in [0.05, 0.1) is 5.02 Å². The smallest absolute Gasteiger partial charge is 0.268 e. The van der Waals surface area contributed by atoms with Crippen molar-refractivity contribution in [1.29, 1.82) is 0 Å². The predicted molar refractivity (Wildman–Crippen MR) is 65.7 cm³/mol. The molecule has 1 heterocycles. The molecule has 1 aromatic heterocycles. The van der Waals surface area contributed by atoms with E-state index in [4.69, 9.17) is 17.3 Å². The molecule has 1 amide bonds. The first-order valence-corrected chi connectivity index (χ1v) is 5.82. The molecule has 0 aliphatic carbocycles. The third-order valence-corrected chi connectivity index (χ3v) is 2.50. The van der Waals surface area contributed by atoms with E-state index in [9.17, 15) is 4.79 Å². The van der Waals surface area contributed by atoms with Crippen molar-refractivity contribution >= 4 is 17.5 Å². The van der Waals surface area contributed by atoms with E-state index in [0.717, 1.165) is 13.0 Å². The third-order valence-electron chi connectivity index (χ3n) is 2.29. The van der Waals surface area contributed by atoms with Crippen LogP contribution in [0.4, 0.5) is 0 Å². The van der Waals surface area contributed by atoms with Gasteiger partial charge in [-0.05, 0) is 19.4 Å². The van der Waals surface area contributed by atoms with E-state index in [0.29, 0.717) is 17.3 Å². The lowest BCUT2D eigenvalue weighted by Crippen LogP contribution is -2.38. The minimum absolute atomic E-state index is 0.0312. The fourth-order valence-corrected chi connectivity index (χ4v) is 1.67. The Morgan fingerprint density at radius 1 is 1.69 bits per heavy atom. The van der Waals surface area contributed by atoms with E-state index in [1.54, 1.807) is 12.3 Å². The molecule has 16 heavy (non-hydrogen) atoms. The average Bonchev–Trinajstić information content (AvgIpc) is 2.60. The zero-order valence-electron chi connectivity index (χ0n) is 9.66. The summed E-state index contributed by atoms with van der Waals surface area (Å²) >= 11 is 5.89. The van der Waals surface area contributed by atoms with Crippen LogP contribution >= 0.6 is 11.6 Å². The Hall–Kier alpha value is -1.00. The zero-order valence-corrected chi connectivity index (χ0v) is 10.4.